The van der Waals surface area contributed by atoms with E-state index >= 15 is 0 Å². The largest absolute Gasteiger partial charge is 0.373 e. The summed E-state index contributed by atoms with van der Waals surface area (Å²) in [6.07, 6.45) is 0.160. The first-order chi connectivity index (χ1) is 6.79. The molecule has 1 atom stereocenters. The number of morpholine rings is 1. The minimum atomic E-state index is 0.160. The van der Waals surface area contributed by atoms with Crippen LogP contribution >= 0.6 is 11.3 Å². The molecule has 1 fully saturated rings. The van der Waals surface area contributed by atoms with Crippen molar-refractivity contribution in [2.24, 2.45) is 5.73 Å². The molecule has 4 nitrogen and oxygen atoms in total. The van der Waals surface area contributed by atoms with Gasteiger partial charge in [-0.25, -0.2) is 4.98 Å². The van der Waals surface area contributed by atoms with Gasteiger partial charge in [-0.05, 0) is 6.92 Å². The summed E-state index contributed by atoms with van der Waals surface area (Å²) in [5.41, 5.74) is 6.66. The topological polar surface area (TPSA) is 51.4 Å². The van der Waals surface area contributed by atoms with E-state index in [1.807, 2.05) is 6.92 Å². The van der Waals surface area contributed by atoms with E-state index in [9.17, 15) is 0 Å². The van der Waals surface area contributed by atoms with Crippen LogP contribution in [0, 0.1) is 6.92 Å². The number of nitrogens with two attached hydrogens (primary N) is 1. The van der Waals surface area contributed by atoms with Gasteiger partial charge in [0.05, 0.1) is 18.4 Å². The Labute approximate surface area is 87.7 Å². The van der Waals surface area contributed by atoms with Gasteiger partial charge in [0.1, 0.15) is 0 Å². The van der Waals surface area contributed by atoms with E-state index in [-0.39, 0.29) is 6.10 Å². The van der Waals surface area contributed by atoms with Gasteiger partial charge in [0.15, 0.2) is 5.13 Å². The van der Waals surface area contributed by atoms with Crippen molar-refractivity contribution in [3.8, 4) is 0 Å². The molecule has 0 aromatic carbocycles. The van der Waals surface area contributed by atoms with Crippen LogP contribution in [0.1, 0.15) is 5.69 Å². The van der Waals surface area contributed by atoms with E-state index in [1.165, 1.54) is 0 Å². The first-order valence-electron chi connectivity index (χ1n) is 4.78. The van der Waals surface area contributed by atoms with Crippen molar-refractivity contribution >= 4 is 16.5 Å². The van der Waals surface area contributed by atoms with Gasteiger partial charge in [-0.1, -0.05) is 0 Å². The lowest BCUT2D eigenvalue weighted by Crippen LogP contribution is -2.45. The van der Waals surface area contributed by atoms with E-state index in [0.29, 0.717) is 6.54 Å². The van der Waals surface area contributed by atoms with Crippen molar-refractivity contribution in [2.45, 2.75) is 13.0 Å². The van der Waals surface area contributed by atoms with Gasteiger partial charge in [-0.2, -0.15) is 0 Å². The monoisotopic (exact) mass is 213 g/mol. The molecule has 2 rings (SSSR count). The molecule has 1 aromatic rings. The molecule has 1 aliphatic rings. The number of hydrogen-bond acceptors (Lipinski definition) is 5. The molecule has 0 radical (unpaired) electrons. The molecule has 1 unspecified atom stereocenters. The van der Waals surface area contributed by atoms with Crippen molar-refractivity contribution in [3.05, 3.63) is 11.1 Å². The summed E-state index contributed by atoms with van der Waals surface area (Å²) in [4.78, 5) is 6.70. The Morgan fingerprint density at radius 1 is 1.79 bits per heavy atom. The molecule has 0 aliphatic carbocycles. The Morgan fingerprint density at radius 2 is 2.64 bits per heavy atom. The summed E-state index contributed by atoms with van der Waals surface area (Å²) in [5, 5.41) is 3.16. The van der Waals surface area contributed by atoms with E-state index in [1.54, 1.807) is 11.3 Å². The number of thiazole rings is 1. The van der Waals surface area contributed by atoms with Crippen molar-refractivity contribution < 1.29 is 4.74 Å². The molecule has 1 aliphatic heterocycles. The van der Waals surface area contributed by atoms with Gasteiger partial charge in [-0.3, -0.25) is 0 Å². The standard InChI is InChI=1S/C9H15N3OS/c1-7-6-14-9(11-7)12-2-3-13-8(4-10)5-12/h6,8H,2-5,10H2,1H3. The smallest absolute Gasteiger partial charge is 0.185 e. The number of nitrogens with zero attached hydrogens (tertiary/aromatic N) is 2. The zero-order valence-electron chi connectivity index (χ0n) is 8.27. The summed E-state index contributed by atoms with van der Waals surface area (Å²) in [7, 11) is 0. The molecule has 78 valence electrons. The zero-order valence-corrected chi connectivity index (χ0v) is 9.09. The molecule has 5 heteroatoms. The third kappa shape index (κ3) is 2.05. The molecular formula is C9H15N3OS. The lowest BCUT2D eigenvalue weighted by atomic mass is 10.3. The Morgan fingerprint density at radius 3 is 3.29 bits per heavy atom. The summed E-state index contributed by atoms with van der Waals surface area (Å²) < 4.78 is 5.50. The second kappa shape index (κ2) is 4.25. The molecule has 1 aromatic heterocycles. The van der Waals surface area contributed by atoms with Gasteiger partial charge in [0, 0.05) is 25.0 Å². The first-order valence-corrected chi connectivity index (χ1v) is 5.66. The first kappa shape index (κ1) is 9.89. The summed E-state index contributed by atoms with van der Waals surface area (Å²) in [5.74, 6) is 0. The van der Waals surface area contributed by atoms with E-state index in [2.05, 4.69) is 15.3 Å². The maximum Gasteiger partial charge on any atom is 0.185 e. The fourth-order valence-corrected chi connectivity index (χ4v) is 2.36. The highest BCUT2D eigenvalue weighted by Gasteiger charge is 2.20. The van der Waals surface area contributed by atoms with Gasteiger partial charge in [0.25, 0.3) is 0 Å². The predicted octanol–water partition coefficient (Wildman–Crippen LogP) is 0.615. The van der Waals surface area contributed by atoms with Crippen LogP contribution in [-0.4, -0.2) is 37.3 Å². The lowest BCUT2D eigenvalue weighted by molar-refractivity contribution is 0.0465. The molecule has 2 heterocycles. The zero-order chi connectivity index (χ0) is 9.97. The van der Waals surface area contributed by atoms with Crippen molar-refractivity contribution in [2.75, 3.05) is 31.1 Å². The number of hydrogen-bond donors (Lipinski definition) is 1. The Balaban J connectivity index is 2.04. The van der Waals surface area contributed by atoms with E-state index in [4.69, 9.17) is 10.5 Å². The molecule has 0 spiro atoms. The lowest BCUT2D eigenvalue weighted by Gasteiger charge is -2.31. The number of rotatable bonds is 2. The van der Waals surface area contributed by atoms with Crippen LogP contribution in [0.15, 0.2) is 5.38 Å². The Hall–Kier alpha value is -0.650. The van der Waals surface area contributed by atoms with Crippen molar-refractivity contribution in [1.29, 1.82) is 0 Å². The fraction of sp³-hybridized carbons (Fsp3) is 0.667. The Kier molecular flexibility index (Phi) is 3.00. The minimum Gasteiger partial charge on any atom is -0.373 e. The molecule has 0 amide bonds. The maximum atomic E-state index is 5.58. The normalized spacial score (nSPS) is 22.7. The highest BCUT2D eigenvalue weighted by atomic mass is 32.1. The average molecular weight is 213 g/mol. The molecule has 14 heavy (non-hydrogen) atoms. The van der Waals surface area contributed by atoms with Crippen LogP contribution in [0.3, 0.4) is 0 Å². The summed E-state index contributed by atoms with van der Waals surface area (Å²) in [6, 6.07) is 0. The van der Waals surface area contributed by atoms with Crippen LogP contribution in [0.2, 0.25) is 0 Å². The van der Waals surface area contributed by atoms with Crippen LogP contribution in [0.25, 0.3) is 0 Å². The third-order valence-corrected chi connectivity index (χ3v) is 3.30. The number of ether oxygens (including phenoxy) is 1. The van der Waals surface area contributed by atoms with Gasteiger partial charge < -0.3 is 15.4 Å². The predicted molar refractivity (Wildman–Crippen MR) is 57.9 cm³/mol. The van der Waals surface area contributed by atoms with E-state index in [0.717, 1.165) is 30.5 Å². The van der Waals surface area contributed by atoms with Gasteiger partial charge in [-0.15, -0.1) is 11.3 Å². The number of aryl methyl sites for hydroxylation is 1. The van der Waals surface area contributed by atoms with Gasteiger partial charge >= 0.3 is 0 Å². The van der Waals surface area contributed by atoms with Crippen LogP contribution in [0.4, 0.5) is 5.13 Å². The fourth-order valence-electron chi connectivity index (χ4n) is 1.52. The SMILES string of the molecule is Cc1csc(N2CCOC(CN)C2)n1. The molecule has 0 bridgehead atoms. The second-order valence-corrected chi connectivity index (χ2v) is 4.28. The van der Waals surface area contributed by atoms with Gasteiger partial charge in [0.2, 0.25) is 0 Å². The summed E-state index contributed by atoms with van der Waals surface area (Å²) in [6.45, 7) is 5.13. The van der Waals surface area contributed by atoms with Crippen LogP contribution in [0.5, 0.6) is 0 Å². The van der Waals surface area contributed by atoms with Crippen LogP contribution < -0.4 is 10.6 Å². The number of anilines is 1. The maximum absolute atomic E-state index is 5.58. The van der Waals surface area contributed by atoms with Crippen LogP contribution in [-0.2, 0) is 4.74 Å². The quantitative estimate of drug-likeness (QED) is 0.782. The average Bonchev–Trinajstić information content (AvgIpc) is 2.65. The third-order valence-electron chi connectivity index (χ3n) is 2.28. The second-order valence-electron chi connectivity index (χ2n) is 3.45. The highest BCUT2D eigenvalue weighted by Crippen LogP contribution is 2.21. The molecule has 1 saturated heterocycles. The number of aromatic nitrogens is 1. The molecular weight excluding hydrogens is 198 g/mol. The molecule has 2 N–H and O–H groups in total. The Bertz CT molecular complexity index is 302. The summed E-state index contributed by atoms with van der Waals surface area (Å²) >= 11 is 1.69. The minimum absolute atomic E-state index is 0.160. The van der Waals surface area contributed by atoms with Crippen molar-refractivity contribution in [1.82, 2.24) is 4.98 Å². The molecule has 0 saturated carbocycles. The van der Waals surface area contributed by atoms with E-state index < -0.39 is 0 Å². The highest BCUT2D eigenvalue weighted by molar-refractivity contribution is 7.13. The van der Waals surface area contributed by atoms with Crippen molar-refractivity contribution in [3.63, 3.8) is 0 Å².